The van der Waals surface area contributed by atoms with Gasteiger partial charge in [-0.1, -0.05) is 34.1 Å². The molecule has 40 heavy (non-hydrogen) atoms. The van der Waals surface area contributed by atoms with Crippen LogP contribution in [0.1, 0.15) is 83.5 Å². The first-order chi connectivity index (χ1) is 19.5. The zero-order valence-corrected chi connectivity index (χ0v) is 26.2. The van der Waals surface area contributed by atoms with Crippen LogP contribution in [0.2, 0.25) is 0 Å². The molecule has 1 N–H and O–H groups in total. The molecule has 0 radical (unpaired) electrons. The standard InChI is InChI=1S/C26H27N5O2S2.C3H8.C2H6/c1-14-30-31-25(32-14)20-17(5-10-26-8-3-16(33-26)4-9-26)29-18-7-12-34-23(18)21(20)19-13-15-6-11-28-24(27-2)22(15)35-19;1-3-2;1-2/h6,11,13,16H,3-5,7-10,12H2,1-2H3,(H,27,28);3H2,1-2H3;1-2H3. The van der Waals surface area contributed by atoms with Crippen LogP contribution in [-0.4, -0.2) is 44.7 Å². The number of hydrogen-bond donors (Lipinski definition) is 1. The van der Waals surface area contributed by atoms with Gasteiger partial charge < -0.3 is 14.5 Å². The largest absolute Gasteiger partial charge is 0.421 e. The van der Waals surface area contributed by atoms with Crippen molar-refractivity contribution in [3.63, 3.8) is 0 Å². The normalized spacial score (nSPS) is 20.6. The monoisotopic (exact) mass is 579 g/mol. The number of pyridine rings is 2. The summed E-state index contributed by atoms with van der Waals surface area (Å²) in [6, 6.07) is 4.35. The first kappa shape index (κ1) is 29.0. The second-order valence-corrected chi connectivity index (χ2v) is 12.6. The Kier molecular flexibility index (Phi) is 9.12. The molecule has 0 aliphatic carbocycles. The lowest BCUT2D eigenvalue weighted by Crippen LogP contribution is -2.25. The van der Waals surface area contributed by atoms with E-state index in [-0.39, 0.29) is 5.60 Å². The second kappa shape index (κ2) is 12.6. The Labute approximate surface area is 245 Å². The average Bonchev–Trinajstić information content (AvgIpc) is 3.80. The van der Waals surface area contributed by atoms with Gasteiger partial charge >= 0.3 is 0 Å². The van der Waals surface area contributed by atoms with Crippen molar-refractivity contribution in [1.29, 1.82) is 0 Å². The number of nitrogens with one attached hydrogen (secondary N) is 1. The number of nitrogens with zero attached hydrogens (tertiary/aromatic N) is 4. The van der Waals surface area contributed by atoms with Gasteiger partial charge in [0.15, 0.2) is 0 Å². The summed E-state index contributed by atoms with van der Waals surface area (Å²) in [5, 5.41) is 13.1. The smallest absolute Gasteiger partial charge is 0.250 e. The van der Waals surface area contributed by atoms with Crippen LogP contribution < -0.4 is 5.32 Å². The van der Waals surface area contributed by atoms with Crippen LogP contribution in [0, 0.1) is 6.92 Å². The van der Waals surface area contributed by atoms with Crippen LogP contribution in [0.3, 0.4) is 0 Å². The van der Waals surface area contributed by atoms with Crippen molar-refractivity contribution >= 4 is 39.0 Å². The van der Waals surface area contributed by atoms with E-state index >= 15 is 0 Å². The zero-order valence-electron chi connectivity index (χ0n) is 24.6. The van der Waals surface area contributed by atoms with Gasteiger partial charge in [-0.2, -0.15) is 0 Å². The molecule has 2 fully saturated rings. The minimum Gasteiger partial charge on any atom is -0.421 e. The van der Waals surface area contributed by atoms with E-state index in [1.165, 1.54) is 45.7 Å². The molecule has 2 bridgehead atoms. The molecule has 3 aliphatic rings. The summed E-state index contributed by atoms with van der Waals surface area (Å²) in [5.41, 5.74) is 4.45. The molecule has 9 heteroatoms. The van der Waals surface area contributed by atoms with Crippen LogP contribution in [0.4, 0.5) is 5.82 Å². The molecule has 7 rings (SSSR count). The molecule has 214 valence electrons. The third-order valence-electron chi connectivity index (χ3n) is 7.62. The molecule has 7 nitrogen and oxygen atoms in total. The molecule has 0 saturated carbocycles. The van der Waals surface area contributed by atoms with Crippen molar-refractivity contribution in [2.45, 2.75) is 103 Å². The van der Waals surface area contributed by atoms with Crippen LogP contribution in [-0.2, 0) is 17.6 Å². The lowest BCUT2D eigenvalue weighted by molar-refractivity contribution is 0.00716. The lowest BCUT2D eigenvalue weighted by Gasteiger charge is -2.25. The van der Waals surface area contributed by atoms with Crippen molar-refractivity contribution in [2.75, 3.05) is 18.1 Å². The van der Waals surface area contributed by atoms with E-state index in [1.54, 1.807) is 11.3 Å². The van der Waals surface area contributed by atoms with Gasteiger partial charge in [-0.3, -0.25) is 4.98 Å². The van der Waals surface area contributed by atoms with Gasteiger partial charge in [-0.25, -0.2) is 4.98 Å². The molecule has 0 spiro atoms. The number of anilines is 1. The van der Waals surface area contributed by atoms with E-state index < -0.39 is 0 Å². The zero-order chi connectivity index (χ0) is 28.3. The van der Waals surface area contributed by atoms with Gasteiger partial charge in [0, 0.05) is 47.7 Å². The summed E-state index contributed by atoms with van der Waals surface area (Å²) < 4.78 is 13.6. The average molecular weight is 580 g/mol. The maximum Gasteiger partial charge on any atom is 0.250 e. The first-order valence-corrected chi connectivity index (χ1v) is 16.6. The quantitative estimate of drug-likeness (QED) is 0.243. The van der Waals surface area contributed by atoms with Gasteiger partial charge in [0.2, 0.25) is 11.8 Å². The number of fused-ring (bicyclic) bond motifs is 4. The molecule has 2 saturated heterocycles. The summed E-state index contributed by atoms with van der Waals surface area (Å²) in [7, 11) is 1.92. The van der Waals surface area contributed by atoms with Gasteiger partial charge in [-0.15, -0.1) is 33.3 Å². The number of aryl methyl sites for hydroxylation is 3. The van der Waals surface area contributed by atoms with Gasteiger partial charge in [0.05, 0.1) is 33.4 Å². The summed E-state index contributed by atoms with van der Waals surface area (Å²) in [5.74, 6) is 3.08. The number of aromatic nitrogens is 4. The lowest BCUT2D eigenvalue weighted by atomic mass is 9.84. The molecular weight excluding hydrogens is 539 g/mol. The Morgan fingerprint density at radius 1 is 1.12 bits per heavy atom. The summed E-state index contributed by atoms with van der Waals surface area (Å²) in [6.07, 6.45) is 11.1. The third kappa shape index (κ3) is 5.52. The Morgan fingerprint density at radius 2 is 1.90 bits per heavy atom. The fourth-order valence-electron chi connectivity index (χ4n) is 5.92. The molecule has 0 aromatic carbocycles. The van der Waals surface area contributed by atoms with E-state index in [1.807, 2.05) is 45.8 Å². The number of ether oxygens (including phenoxy) is 1. The summed E-state index contributed by atoms with van der Waals surface area (Å²) in [6.45, 7) is 10.1. The fourth-order valence-corrected chi connectivity index (χ4v) is 8.36. The molecule has 4 aromatic heterocycles. The van der Waals surface area contributed by atoms with Crippen molar-refractivity contribution in [3.05, 3.63) is 35.6 Å². The van der Waals surface area contributed by atoms with Crippen LogP contribution in [0.15, 0.2) is 27.6 Å². The van der Waals surface area contributed by atoms with Gasteiger partial charge in [-0.05, 0) is 56.0 Å². The number of rotatable bonds is 6. The highest BCUT2D eigenvalue weighted by atomic mass is 32.2. The van der Waals surface area contributed by atoms with Crippen molar-refractivity contribution in [3.8, 4) is 21.9 Å². The first-order valence-electron chi connectivity index (χ1n) is 14.8. The molecule has 0 unspecified atom stereocenters. The third-order valence-corrected chi connectivity index (χ3v) is 9.93. The molecule has 4 aromatic rings. The highest BCUT2D eigenvalue weighted by molar-refractivity contribution is 7.99. The van der Waals surface area contributed by atoms with Crippen molar-refractivity contribution < 1.29 is 9.15 Å². The minimum absolute atomic E-state index is 0.0211. The second-order valence-electron chi connectivity index (χ2n) is 10.5. The predicted molar refractivity (Wildman–Crippen MR) is 167 cm³/mol. The number of thioether (sulfide) groups is 1. The van der Waals surface area contributed by atoms with Crippen LogP contribution in [0.25, 0.3) is 32.0 Å². The van der Waals surface area contributed by atoms with Crippen LogP contribution >= 0.6 is 23.1 Å². The van der Waals surface area contributed by atoms with Gasteiger partial charge in [0.25, 0.3) is 0 Å². The Morgan fingerprint density at radius 3 is 2.55 bits per heavy atom. The molecule has 3 aliphatic heterocycles. The molecule has 7 heterocycles. The van der Waals surface area contributed by atoms with E-state index in [4.69, 9.17) is 14.1 Å². The minimum atomic E-state index is 0.0211. The molecule has 0 atom stereocenters. The number of hydrogen-bond acceptors (Lipinski definition) is 9. The highest BCUT2D eigenvalue weighted by Crippen LogP contribution is 2.50. The summed E-state index contributed by atoms with van der Waals surface area (Å²) in [4.78, 5) is 12.2. The maximum absolute atomic E-state index is 6.41. The fraction of sp³-hybridized carbons (Fsp3) is 0.548. The highest BCUT2D eigenvalue weighted by Gasteiger charge is 2.45. The number of thiophene rings is 1. The predicted octanol–water partition coefficient (Wildman–Crippen LogP) is 8.49. The van der Waals surface area contributed by atoms with Crippen LogP contribution in [0.5, 0.6) is 0 Å². The SMILES string of the molecule is CC.CCC.CNc1nccc2cc(-c3c4c(nc(CCC56CCC(CC5)O6)c3-c3nnc(C)o3)CCS4)sc12. The van der Waals surface area contributed by atoms with E-state index in [2.05, 4.69) is 46.5 Å². The Balaban J connectivity index is 0.000000607. The Bertz CT molecular complexity index is 1460. The summed E-state index contributed by atoms with van der Waals surface area (Å²) >= 11 is 3.65. The van der Waals surface area contributed by atoms with Crippen molar-refractivity contribution in [1.82, 2.24) is 20.2 Å². The topological polar surface area (TPSA) is 86.0 Å². The maximum atomic E-state index is 6.41. The van der Waals surface area contributed by atoms with E-state index in [0.717, 1.165) is 59.6 Å². The van der Waals surface area contributed by atoms with Crippen molar-refractivity contribution in [2.24, 2.45) is 0 Å². The Hall–Kier alpha value is -2.49. The van der Waals surface area contributed by atoms with E-state index in [9.17, 15) is 0 Å². The van der Waals surface area contributed by atoms with E-state index in [0.29, 0.717) is 17.9 Å². The molecular formula is C31H41N5O2S2. The van der Waals surface area contributed by atoms with Gasteiger partial charge in [0.1, 0.15) is 5.82 Å². The molecule has 0 amide bonds.